The number of hydrogen-bond acceptors (Lipinski definition) is 3. The molecule has 0 aliphatic heterocycles. The van der Waals surface area contributed by atoms with Gasteiger partial charge in [-0.3, -0.25) is 5.32 Å². The highest BCUT2D eigenvalue weighted by Crippen LogP contribution is 2.44. The Morgan fingerprint density at radius 2 is 1.63 bits per heavy atom. The van der Waals surface area contributed by atoms with Gasteiger partial charge in [0.15, 0.2) is 0 Å². The van der Waals surface area contributed by atoms with Crippen LogP contribution in [0.25, 0.3) is 11.1 Å². The molecule has 27 heavy (non-hydrogen) atoms. The van der Waals surface area contributed by atoms with E-state index in [0.29, 0.717) is 11.3 Å². The molecule has 3 aromatic rings. The van der Waals surface area contributed by atoms with Crippen molar-refractivity contribution >= 4 is 11.8 Å². The smallest absolute Gasteiger partial charge is 0.411 e. The second-order valence-electron chi connectivity index (χ2n) is 6.41. The number of rotatable bonds is 4. The molecule has 0 unspecified atom stereocenters. The summed E-state index contributed by atoms with van der Waals surface area (Å²) in [6, 6.07) is 20.0. The Morgan fingerprint density at radius 1 is 1.00 bits per heavy atom. The van der Waals surface area contributed by atoms with Crippen LogP contribution in [0.4, 0.5) is 14.9 Å². The molecule has 0 bridgehead atoms. The molecule has 2 N–H and O–H groups in total. The summed E-state index contributed by atoms with van der Waals surface area (Å²) in [6.45, 7) is -0.188. The standard InChI is InChI=1S/C22H18FNO3/c23-15-9-10-21(14(11-15)12-25)24-22(26)27-13-20-18-7-3-1-5-16(18)17-6-2-4-8-19(17)20/h1-11,20,25H,12-13H2,(H,24,26). The Labute approximate surface area is 156 Å². The van der Waals surface area contributed by atoms with Crippen LogP contribution in [0.1, 0.15) is 22.6 Å². The summed E-state index contributed by atoms with van der Waals surface area (Å²) in [5.74, 6) is -0.509. The van der Waals surface area contributed by atoms with Crippen molar-refractivity contribution in [1.82, 2.24) is 0 Å². The van der Waals surface area contributed by atoms with E-state index in [2.05, 4.69) is 17.4 Å². The number of anilines is 1. The molecule has 1 amide bonds. The Bertz CT molecular complexity index is 957. The zero-order chi connectivity index (χ0) is 18.8. The van der Waals surface area contributed by atoms with Crippen LogP contribution in [0.2, 0.25) is 0 Å². The van der Waals surface area contributed by atoms with Crippen LogP contribution >= 0.6 is 0 Å². The minimum Gasteiger partial charge on any atom is -0.448 e. The number of carbonyl (C=O) groups excluding carboxylic acids is 1. The lowest BCUT2D eigenvalue weighted by Gasteiger charge is -2.15. The van der Waals surface area contributed by atoms with Crippen molar-refractivity contribution in [1.29, 1.82) is 0 Å². The second kappa shape index (κ2) is 7.21. The van der Waals surface area contributed by atoms with Crippen LogP contribution in [-0.4, -0.2) is 17.8 Å². The van der Waals surface area contributed by atoms with Crippen molar-refractivity contribution in [3.63, 3.8) is 0 Å². The molecule has 4 nitrogen and oxygen atoms in total. The average molecular weight is 363 g/mol. The summed E-state index contributed by atoms with van der Waals surface area (Å²) in [5, 5.41) is 11.9. The fourth-order valence-electron chi connectivity index (χ4n) is 3.56. The molecular formula is C22H18FNO3. The van der Waals surface area contributed by atoms with Gasteiger partial charge in [-0.05, 0) is 40.5 Å². The molecule has 0 aromatic heterocycles. The first-order valence-electron chi connectivity index (χ1n) is 8.68. The number of fused-ring (bicyclic) bond motifs is 3. The maximum Gasteiger partial charge on any atom is 0.411 e. The van der Waals surface area contributed by atoms with Gasteiger partial charge in [0, 0.05) is 17.2 Å². The second-order valence-corrected chi connectivity index (χ2v) is 6.41. The first-order valence-corrected chi connectivity index (χ1v) is 8.68. The van der Waals surface area contributed by atoms with Crippen LogP contribution in [0.3, 0.4) is 0 Å². The van der Waals surface area contributed by atoms with E-state index in [9.17, 15) is 14.3 Å². The lowest BCUT2D eigenvalue weighted by molar-refractivity contribution is 0.158. The van der Waals surface area contributed by atoms with Gasteiger partial charge in [-0.2, -0.15) is 0 Å². The number of aliphatic hydroxyl groups is 1. The molecule has 0 saturated heterocycles. The summed E-state index contributed by atoms with van der Waals surface area (Å²) >= 11 is 0. The predicted molar refractivity (Wildman–Crippen MR) is 101 cm³/mol. The maximum absolute atomic E-state index is 13.3. The minimum atomic E-state index is -0.641. The molecule has 5 heteroatoms. The first-order chi connectivity index (χ1) is 13.2. The Kier molecular flexibility index (Phi) is 4.60. The van der Waals surface area contributed by atoms with Crippen molar-refractivity contribution in [3.05, 3.63) is 89.2 Å². The highest BCUT2D eigenvalue weighted by Gasteiger charge is 2.29. The molecule has 4 rings (SSSR count). The SMILES string of the molecule is O=C(Nc1ccc(F)cc1CO)OCC1c2ccccc2-c2ccccc21. The molecule has 1 aliphatic rings. The third kappa shape index (κ3) is 3.29. The van der Waals surface area contributed by atoms with E-state index in [0.717, 1.165) is 22.3 Å². The topological polar surface area (TPSA) is 58.6 Å². The van der Waals surface area contributed by atoms with Crippen molar-refractivity contribution in [2.45, 2.75) is 12.5 Å². The van der Waals surface area contributed by atoms with Crippen LogP contribution in [-0.2, 0) is 11.3 Å². The molecule has 1 aliphatic carbocycles. The molecule has 0 saturated carbocycles. The van der Waals surface area contributed by atoms with Gasteiger partial charge in [-0.15, -0.1) is 0 Å². The van der Waals surface area contributed by atoms with E-state index >= 15 is 0 Å². The van der Waals surface area contributed by atoms with Gasteiger partial charge in [-0.25, -0.2) is 9.18 Å². The van der Waals surface area contributed by atoms with E-state index in [1.54, 1.807) is 0 Å². The van der Waals surface area contributed by atoms with Gasteiger partial charge in [0.2, 0.25) is 0 Å². The lowest BCUT2D eigenvalue weighted by Crippen LogP contribution is -2.18. The molecule has 136 valence electrons. The van der Waals surface area contributed by atoms with Crippen molar-refractivity contribution in [2.75, 3.05) is 11.9 Å². The Hall–Kier alpha value is -3.18. The third-order valence-electron chi connectivity index (χ3n) is 4.82. The number of aliphatic hydroxyl groups excluding tert-OH is 1. The van der Waals surface area contributed by atoms with E-state index in [1.807, 2.05) is 36.4 Å². The number of benzene rings is 3. The number of carbonyl (C=O) groups is 1. The summed E-state index contributed by atoms with van der Waals surface area (Å²) < 4.78 is 18.7. The normalized spacial score (nSPS) is 12.4. The summed E-state index contributed by atoms with van der Waals surface area (Å²) in [7, 11) is 0. The zero-order valence-electron chi connectivity index (χ0n) is 14.5. The maximum atomic E-state index is 13.3. The number of halogens is 1. The quantitative estimate of drug-likeness (QED) is 0.708. The largest absolute Gasteiger partial charge is 0.448 e. The molecule has 0 spiro atoms. The van der Waals surface area contributed by atoms with Gasteiger partial charge >= 0.3 is 6.09 Å². The van der Waals surface area contributed by atoms with E-state index < -0.39 is 11.9 Å². The van der Waals surface area contributed by atoms with Gasteiger partial charge in [0.25, 0.3) is 0 Å². The highest BCUT2D eigenvalue weighted by atomic mass is 19.1. The average Bonchev–Trinajstić information content (AvgIpc) is 3.01. The number of amides is 1. The molecule has 0 fully saturated rings. The van der Waals surface area contributed by atoms with Crippen molar-refractivity contribution in [3.8, 4) is 11.1 Å². The lowest BCUT2D eigenvalue weighted by atomic mass is 9.98. The predicted octanol–water partition coefficient (Wildman–Crippen LogP) is 4.68. The number of hydrogen-bond donors (Lipinski definition) is 2. The fourth-order valence-corrected chi connectivity index (χ4v) is 3.56. The van der Waals surface area contributed by atoms with E-state index in [-0.39, 0.29) is 19.1 Å². The third-order valence-corrected chi connectivity index (χ3v) is 4.82. The molecule has 3 aromatic carbocycles. The van der Waals surface area contributed by atoms with Gasteiger partial charge in [0.05, 0.1) is 6.61 Å². The molecular weight excluding hydrogens is 345 g/mol. The highest BCUT2D eigenvalue weighted by molar-refractivity contribution is 5.86. The first kappa shape index (κ1) is 17.2. The minimum absolute atomic E-state index is 0.0336. The van der Waals surface area contributed by atoms with Gasteiger partial charge < -0.3 is 9.84 Å². The Balaban J connectivity index is 1.50. The van der Waals surface area contributed by atoms with Crippen molar-refractivity contribution in [2.24, 2.45) is 0 Å². The number of nitrogens with one attached hydrogen (secondary N) is 1. The van der Waals surface area contributed by atoms with Gasteiger partial charge in [0.1, 0.15) is 12.4 Å². The Morgan fingerprint density at radius 3 is 2.26 bits per heavy atom. The summed E-state index contributed by atoms with van der Waals surface area (Å²) in [5.41, 5.74) is 5.19. The fraction of sp³-hybridized carbons (Fsp3) is 0.136. The molecule has 0 atom stereocenters. The van der Waals surface area contributed by atoms with Crippen LogP contribution in [0, 0.1) is 5.82 Å². The van der Waals surface area contributed by atoms with Crippen LogP contribution in [0.5, 0.6) is 0 Å². The molecule has 0 heterocycles. The molecule has 0 radical (unpaired) electrons. The van der Waals surface area contributed by atoms with E-state index in [4.69, 9.17) is 4.74 Å². The van der Waals surface area contributed by atoms with Crippen LogP contribution < -0.4 is 5.32 Å². The zero-order valence-corrected chi connectivity index (χ0v) is 14.5. The summed E-state index contributed by atoms with van der Waals surface area (Å²) in [4.78, 5) is 12.2. The van der Waals surface area contributed by atoms with E-state index in [1.165, 1.54) is 18.2 Å². The van der Waals surface area contributed by atoms with Gasteiger partial charge in [-0.1, -0.05) is 48.5 Å². The summed E-state index contributed by atoms with van der Waals surface area (Å²) in [6.07, 6.45) is -0.641. The van der Waals surface area contributed by atoms with Crippen molar-refractivity contribution < 1.29 is 19.0 Å². The van der Waals surface area contributed by atoms with Crippen LogP contribution in [0.15, 0.2) is 66.7 Å². The monoisotopic (exact) mass is 363 g/mol. The number of ether oxygens (including phenoxy) is 1.